The van der Waals surface area contributed by atoms with E-state index in [1.807, 2.05) is 0 Å². The lowest BCUT2D eigenvalue weighted by Gasteiger charge is -2.43. The summed E-state index contributed by atoms with van der Waals surface area (Å²) in [5, 5.41) is 32.3. The third-order valence-electron chi connectivity index (χ3n) is 4.10. The van der Waals surface area contributed by atoms with Crippen LogP contribution in [-0.4, -0.2) is 97.9 Å². The highest BCUT2D eigenvalue weighted by atomic mass is 16.6. The van der Waals surface area contributed by atoms with Gasteiger partial charge in [-0.15, -0.1) is 0 Å². The Kier molecular flexibility index (Phi) is 10.3. The first kappa shape index (κ1) is 23.0. The topological polar surface area (TPSA) is 127 Å². The first-order valence-electron chi connectivity index (χ1n) is 8.60. The maximum atomic E-state index is 11.3. The standard InChI is InChI=1S/C17H31NO8/c1-10(2)17(22)25-8-12(20)7-18-14-11(3)26-13(9-24-6-5-19)16(23-4)15(14)21/h11-16,18-21H,1,5-9H2,2-4H3/t11-,12?,13?,14?,15-,16-/m0/s1. The van der Waals surface area contributed by atoms with Gasteiger partial charge in [0.25, 0.3) is 0 Å². The van der Waals surface area contributed by atoms with Gasteiger partial charge in [-0.3, -0.25) is 0 Å². The number of hydrogen-bond donors (Lipinski definition) is 4. The number of methoxy groups -OCH3 is 1. The maximum Gasteiger partial charge on any atom is 0.333 e. The minimum atomic E-state index is -0.940. The van der Waals surface area contributed by atoms with Crippen LogP contribution in [0.5, 0.6) is 0 Å². The van der Waals surface area contributed by atoms with Crippen LogP contribution in [0.3, 0.4) is 0 Å². The molecule has 0 amide bonds. The van der Waals surface area contributed by atoms with E-state index < -0.39 is 36.4 Å². The highest BCUT2D eigenvalue weighted by Gasteiger charge is 2.43. The average Bonchev–Trinajstić information content (AvgIpc) is 2.59. The third kappa shape index (κ3) is 6.92. The van der Waals surface area contributed by atoms with Crippen LogP contribution in [0.1, 0.15) is 13.8 Å². The molecule has 1 rings (SSSR count). The third-order valence-corrected chi connectivity index (χ3v) is 4.10. The van der Waals surface area contributed by atoms with Gasteiger partial charge in [0.1, 0.15) is 31.0 Å². The molecule has 0 spiro atoms. The summed E-state index contributed by atoms with van der Waals surface area (Å²) in [4.78, 5) is 11.3. The second kappa shape index (κ2) is 11.6. The van der Waals surface area contributed by atoms with Gasteiger partial charge in [-0.05, 0) is 13.8 Å². The van der Waals surface area contributed by atoms with Gasteiger partial charge in [-0.2, -0.15) is 0 Å². The molecule has 3 unspecified atom stereocenters. The molecule has 0 bridgehead atoms. The quantitative estimate of drug-likeness (QED) is 0.195. The van der Waals surface area contributed by atoms with Crippen molar-refractivity contribution in [3.63, 3.8) is 0 Å². The number of nitrogens with one attached hydrogen (secondary N) is 1. The molecule has 0 saturated carbocycles. The molecule has 0 aromatic rings. The zero-order valence-electron chi connectivity index (χ0n) is 15.6. The molecule has 0 aromatic heterocycles. The summed E-state index contributed by atoms with van der Waals surface area (Å²) in [6.45, 7) is 6.97. The lowest BCUT2D eigenvalue weighted by Crippen LogP contribution is -2.63. The van der Waals surface area contributed by atoms with E-state index >= 15 is 0 Å². The van der Waals surface area contributed by atoms with Crippen molar-refractivity contribution >= 4 is 5.97 Å². The average molecular weight is 377 g/mol. The van der Waals surface area contributed by atoms with Crippen LogP contribution < -0.4 is 5.32 Å². The molecule has 0 radical (unpaired) electrons. The van der Waals surface area contributed by atoms with Crippen LogP contribution in [0.25, 0.3) is 0 Å². The number of aliphatic hydroxyl groups is 3. The second-order valence-electron chi connectivity index (χ2n) is 6.34. The van der Waals surface area contributed by atoms with E-state index in [-0.39, 0.29) is 44.6 Å². The Morgan fingerprint density at radius 1 is 1.42 bits per heavy atom. The normalized spacial score (nSPS) is 30.0. The van der Waals surface area contributed by atoms with Crippen LogP contribution in [0.2, 0.25) is 0 Å². The number of hydrogen-bond acceptors (Lipinski definition) is 9. The summed E-state index contributed by atoms with van der Waals surface area (Å²) < 4.78 is 21.4. The van der Waals surface area contributed by atoms with Crippen LogP contribution >= 0.6 is 0 Å². The summed E-state index contributed by atoms with van der Waals surface area (Å²) in [5.41, 5.74) is 0.257. The molecule has 1 saturated heterocycles. The molecule has 26 heavy (non-hydrogen) atoms. The van der Waals surface area contributed by atoms with Crippen LogP contribution in [-0.2, 0) is 23.7 Å². The smallest absolute Gasteiger partial charge is 0.333 e. The summed E-state index contributed by atoms with van der Waals surface area (Å²) in [6.07, 6.45) is -3.30. The molecule has 0 aromatic carbocycles. The fourth-order valence-electron chi connectivity index (χ4n) is 2.74. The van der Waals surface area contributed by atoms with Crippen molar-refractivity contribution in [1.29, 1.82) is 0 Å². The maximum absolute atomic E-state index is 11.3. The van der Waals surface area contributed by atoms with Crippen LogP contribution in [0.4, 0.5) is 0 Å². The molecule has 6 atom stereocenters. The number of aliphatic hydroxyl groups excluding tert-OH is 3. The summed E-state index contributed by atoms with van der Waals surface area (Å²) in [6, 6.07) is -0.486. The Morgan fingerprint density at radius 3 is 2.69 bits per heavy atom. The lowest BCUT2D eigenvalue weighted by atomic mass is 9.93. The highest BCUT2D eigenvalue weighted by Crippen LogP contribution is 2.23. The first-order chi connectivity index (χ1) is 12.3. The number of ether oxygens (including phenoxy) is 4. The van der Waals surface area contributed by atoms with Gasteiger partial charge in [-0.25, -0.2) is 4.79 Å². The minimum absolute atomic E-state index is 0.0967. The van der Waals surface area contributed by atoms with Gasteiger partial charge < -0.3 is 39.6 Å². The van der Waals surface area contributed by atoms with E-state index in [2.05, 4.69) is 11.9 Å². The Bertz CT molecular complexity index is 446. The molecule has 0 aliphatic carbocycles. The molecule has 1 aliphatic heterocycles. The van der Waals surface area contributed by atoms with Crippen molar-refractivity contribution in [3.05, 3.63) is 12.2 Å². The predicted octanol–water partition coefficient (Wildman–Crippen LogP) is -1.40. The zero-order chi connectivity index (χ0) is 19.7. The van der Waals surface area contributed by atoms with Gasteiger partial charge in [0.05, 0.1) is 32.0 Å². The van der Waals surface area contributed by atoms with Crippen LogP contribution in [0, 0.1) is 0 Å². The Morgan fingerprint density at radius 2 is 2.12 bits per heavy atom. The number of esters is 1. The van der Waals surface area contributed by atoms with Crippen molar-refractivity contribution in [1.82, 2.24) is 5.32 Å². The molecule has 152 valence electrons. The molecule has 1 aliphatic rings. The Labute approximate surface area is 153 Å². The summed E-state index contributed by atoms with van der Waals surface area (Å²) >= 11 is 0. The largest absolute Gasteiger partial charge is 0.460 e. The van der Waals surface area contributed by atoms with Crippen LogP contribution in [0.15, 0.2) is 12.2 Å². The van der Waals surface area contributed by atoms with Crippen molar-refractivity contribution in [2.75, 3.05) is 40.1 Å². The van der Waals surface area contributed by atoms with Gasteiger partial charge in [-0.1, -0.05) is 6.58 Å². The molecule has 9 nitrogen and oxygen atoms in total. The van der Waals surface area contributed by atoms with Gasteiger partial charge >= 0.3 is 5.97 Å². The molecule has 9 heteroatoms. The van der Waals surface area contributed by atoms with E-state index in [1.54, 1.807) is 6.92 Å². The SMILES string of the molecule is C=C(C)C(=O)OCC(O)CNC1[C@H](C)OC(COCCO)[C@H](OC)[C@H]1O. The molecule has 1 fully saturated rings. The van der Waals surface area contributed by atoms with E-state index in [0.717, 1.165) is 0 Å². The van der Waals surface area contributed by atoms with Gasteiger partial charge in [0.2, 0.25) is 0 Å². The molecule has 4 N–H and O–H groups in total. The lowest BCUT2D eigenvalue weighted by molar-refractivity contribution is -0.204. The van der Waals surface area contributed by atoms with Crippen molar-refractivity contribution < 1.29 is 39.1 Å². The van der Waals surface area contributed by atoms with E-state index in [4.69, 9.17) is 24.1 Å². The van der Waals surface area contributed by atoms with Gasteiger partial charge in [0, 0.05) is 19.2 Å². The van der Waals surface area contributed by atoms with Gasteiger partial charge in [0.15, 0.2) is 0 Å². The molecular weight excluding hydrogens is 346 g/mol. The second-order valence-corrected chi connectivity index (χ2v) is 6.34. The first-order valence-corrected chi connectivity index (χ1v) is 8.60. The summed E-state index contributed by atoms with van der Waals surface area (Å²) in [5.74, 6) is -0.566. The molecular formula is C17H31NO8. The fourth-order valence-corrected chi connectivity index (χ4v) is 2.74. The molecule has 1 heterocycles. The van der Waals surface area contributed by atoms with Crippen molar-refractivity contribution in [2.24, 2.45) is 0 Å². The van der Waals surface area contributed by atoms with Crippen molar-refractivity contribution in [3.8, 4) is 0 Å². The summed E-state index contributed by atoms with van der Waals surface area (Å²) in [7, 11) is 1.47. The van der Waals surface area contributed by atoms with E-state index in [0.29, 0.717) is 0 Å². The monoisotopic (exact) mass is 377 g/mol. The Balaban J connectivity index is 2.51. The highest BCUT2D eigenvalue weighted by molar-refractivity contribution is 5.86. The van der Waals surface area contributed by atoms with E-state index in [9.17, 15) is 15.0 Å². The minimum Gasteiger partial charge on any atom is -0.460 e. The number of carbonyl (C=O) groups is 1. The number of rotatable bonds is 11. The predicted molar refractivity (Wildman–Crippen MR) is 92.6 cm³/mol. The van der Waals surface area contributed by atoms with E-state index in [1.165, 1.54) is 14.0 Å². The van der Waals surface area contributed by atoms with Crippen molar-refractivity contribution in [2.45, 2.75) is 50.4 Å². The Hall–Kier alpha value is -1.07. The zero-order valence-corrected chi connectivity index (χ0v) is 15.6. The number of carbonyl (C=O) groups excluding carboxylic acids is 1. The fraction of sp³-hybridized carbons (Fsp3) is 0.824.